The monoisotopic (exact) mass is 498 g/mol. The van der Waals surface area contributed by atoms with Crippen LogP contribution in [-0.4, -0.2) is 58.6 Å². The molecule has 0 saturated carbocycles. The fourth-order valence-electron chi connectivity index (χ4n) is 3.63. The molecule has 3 atom stereocenters. The molecule has 0 aromatic heterocycles. The summed E-state index contributed by atoms with van der Waals surface area (Å²) in [5, 5.41) is 26.9. The van der Waals surface area contributed by atoms with Gasteiger partial charge in [-0.1, -0.05) is 56.3 Å². The maximum absolute atomic E-state index is 13.2. The zero-order valence-corrected chi connectivity index (χ0v) is 20.4. The molecule has 0 aliphatic rings. The number of carbonyl (C=O) groups is 4. The van der Waals surface area contributed by atoms with Gasteiger partial charge >= 0.3 is 5.97 Å². The SMILES string of the molecule is CC(C)CC(NC(=O)C(Cc1ccc(O)cc1)NC(=O)CN)C(=O)NC(Cc1ccccc1)C(=O)O. The Balaban J connectivity index is 2.18. The van der Waals surface area contributed by atoms with E-state index in [1.54, 1.807) is 36.4 Å². The van der Waals surface area contributed by atoms with Crippen molar-refractivity contribution < 1.29 is 29.4 Å². The van der Waals surface area contributed by atoms with Gasteiger partial charge in [-0.25, -0.2) is 4.79 Å². The van der Waals surface area contributed by atoms with Crippen molar-refractivity contribution in [1.29, 1.82) is 0 Å². The Hall–Kier alpha value is -3.92. The summed E-state index contributed by atoms with van der Waals surface area (Å²) in [4.78, 5) is 50.0. The summed E-state index contributed by atoms with van der Waals surface area (Å²) in [6, 6.07) is 11.8. The average molecular weight is 499 g/mol. The number of carboxylic acid groups (broad SMARTS) is 1. The number of carbonyl (C=O) groups excluding carboxylic acids is 3. The number of nitrogens with two attached hydrogens (primary N) is 1. The fourth-order valence-corrected chi connectivity index (χ4v) is 3.63. The van der Waals surface area contributed by atoms with Crippen LogP contribution in [0, 0.1) is 5.92 Å². The number of aliphatic carboxylic acids is 1. The van der Waals surface area contributed by atoms with Crippen LogP contribution < -0.4 is 21.7 Å². The number of phenols is 1. The quantitative estimate of drug-likeness (QED) is 0.236. The molecule has 3 unspecified atom stereocenters. The van der Waals surface area contributed by atoms with Crippen LogP contribution in [0.15, 0.2) is 54.6 Å². The van der Waals surface area contributed by atoms with Crippen molar-refractivity contribution in [2.75, 3.05) is 6.54 Å². The van der Waals surface area contributed by atoms with Crippen molar-refractivity contribution in [2.24, 2.45) is 11.7 Å². The van der Waals surface area contributed by atoms with Crippen molar-refractivity contribution in [3.63, 3.8) is 0 Å². The average Bonchev–Trinajstić information content (AvgIpc) is 2.84. The van der Waals surface area contributed by atoms with E-state index in [1.165, 1.54) is 12.1 Å². The molecule has 0 fully saturated rings. The lowest BCUT2D eigenvalue weighted by Gasteiger charge is -2.25. The van der Waals surface area contributed by atoms with E-state index in [4.69, 9.17) is 5.73 Å². The first kappa shape index (κ1) is 28.3. The maximum Gasteiger partial charge on any atom is 0.326 e. The first-order chi connectivity index (χ1) is 17.1. The van der Waals surface area contributed by atoms with E-state index in [1.807, 2.05) is 19.9 Å². The lowest BCUT2D eigenvalue weighted by atomic mass is 10.00. The molecule has 3 amide bonds. The molecule has 194 valence electrons. The highest BCUT2D eigenvalue weighted by Gasteiger charge is 2.30. The number of carboxylic acids is 1. The van der Waals surface area contributed by atoms with Gasteiger partial charge in [0.2, 0.25) is 17.7 Å². The molecule has 0 saturated heterocycles. The summed E-state index contributed by atoms with van der Waals surface area (Å²) < 4.78 is 0. The highest BCUT2D eigenvalue weighted by Crippen LogP contribution is 2.13. The first-order valence-electron chi connectivity index (χ1n) is 11.7. The zero-order valence-electron chi connectivity index (χ0n) is 20.4. The molecule has 0 aliphatic heterocycles. The molecule has 10 heteroatoms. The molecule has 2 aromatic carbocycles. The number of aromatic hydroxyl groups is 1. The molecule has 10 nitrogen and oxygen atoms in total. The molecule has 2 rings (SSSR count). The summed E-state index contributed by atoms with van der Waals surface area (Å²) in [6.07, 6.45) is 0.436. The molecule has 36 heavy (non-hydrogen) atoms. The van der Waals surface area contributed by atoms with Crippen LogP contribution >= 0.6 is 0 Å². The second-order valence-corrected chi connectivity index (χ2v) is 8.97. The first-order valence-corrected chi connectivity index (χ1v) is 11.7. The van der Waals surface area contributed by atoms with E-state index in [0.717, 1.165) is 5.56 Å². The molecule has 2 aromatic rings. The third kappa shape index (κ3) is 9.38. The Morgan fingerprint density at radius 1 is 0.778 bits per heavy atom. The Bertz CT molecular complexity index is 1030. The van der Waals surface area contributed by atoms with Gasteiger partial charge < -0.3 is 31.9 Å². The Kier molecular flexibility index (Phi) is 10.9. The van der Waals surface area contributed by atoms with E-state index < -0.39 is 41.8 Å². The van der Waals surface area contributed by atoms with Gasteiger partial charge in [-0.05, 0) is 35.6 Å². The van der Waals surface area contributed by atoms with E-state index >= 15 is 0 Å². The van der Waals surface area contributed by atoms with Crippen molar-refractivity contribution in [3.05, 3.63) is 65.7 Å². The third-order valence-electron chi connectivity index (χ3n) is 5.45. The van der Waals surface area contributed by atoms with Gasteiger partial charge in [0.1, 0.15) is 23.9 Å². The number of nitrogens with one attached hydrogen (secondary N) is 3. The molecule has 0 bridgehead atoms. The maximum atomic E-state index is 13.2. The number of hydrogen-bond acceptors (Lipinski definition) is 6. The molecular formula is C26H34N4O6. The second kappa shape index (κ2) is 13.8. The summed E-state index contributed by atoms with van der Waals surface area (Å²) in [6.45, 7) is 3.42. The Morgan fingerprint density at radius 2 is 1.31 bits per heavy atom. The van der Waals surface area contributed by atoms with Gasteiger partial charge in [-0.2, -0.15) is 0 Å². The third-order valence-corrected chi connectivity index (χ3v) is 5.45. The summed E-state index contributed by atoms with van der Waals surface area (Å²) >= 11 is 0. The van der Waals surface area contributed by atoms with Crippen molar-refractivity contribution in [1.82, 2.24) is 16.0 Å². The van der Waals surface area contributed by atoms with Crippen LogP contribution in [0.1, 0.15) is 31.4 Å². The van der Waals surface area contributed by atoms with Crippen LogP contribution in [0.5, 0.6) is 5.75 Å². The van der Waals surface area contributed by atoms with E-state index in [0.29, 0.717) is 5.56 Å². The second-order valence-electron chi connectivity index (χ2n) is 8.97. The van der Waals surface area contributed by atoms with Crippen molar-refractivity contribution in [2.45, 2.75) is 51.2 Å². The molecule has 7 N–H and O–H groups in total. The summed E-state index contributed by atoms with van der Waals surface area (Å²) in [5.74, 6) is -2.92. The lowest BCUT2D eigenvalue weighted by Crippen LogP contribution is -2.57. The summed E-state index contributed by atoms with van der Waals surface area (Å²) in [7, 11) is 0. The molecule has 0 heterocycles. The van der Waals surface area contributed by atoms with Crippen LogP contribution in [0.3, 0.4) is 0 Å². The number of phenolic OH excluding ortho intramolecular Hbond substituents is 1. The van der Waals surface area contributed by atoms with Gasteiger partial charge in [0.15, 0.2) is 0 Å². The highest BCUT2D eigenvalue weighted by atomic mass is 16.4. The molecular weight excluding hydrogens is 464 g/mol. The number of benzene rings is 2. The molecule has 0 aliphatic carbocycles. The van der Waals surface area contributed by atoms with E-state index in [9.17, 15) is 29.4 Å². The van der Waals surface area contributed by atoms with Gasteiger partial charge in [0, 0.05) is 12.8 Å². The predicted molar refractivity (Wildman–Crippen MR) is 134 cm³/mol. The fraction of sp³-hybridized carbons (Fsp3) is 0.385. The van der Waals surface area contributed by atoms with Crippen LogP contribution in [-0.2, 0) is 32.0 Å². The molecule has 0 spiro atoms. The topological polar surface area (TPSA) is 171 Å². The minimum Gasteiger partial charge on any atom is -0.508 e. The standard InChI is InChI=1S/C26H34N4O6/c1-16(2)12-20(24(33)30-22(26(35)36)14-17-6-4-3-5-7-17)29-25(34)21(28-23(32)15-27)13-18-8-10-19(31)11-9-18/h3-11,16,20-22,31H,12-15,27H2,1-2H3,(H,28,32)(H,29,34)(H,30,33)(H,35,36). The predicted octanol–water partition coefficient (Wildman–Crippen LogP) is 0.721. The van der Waals surface area contributed by atoms with E-state index in [2.05, 4.69) is 16.0 Å². The number of amides is 3. The highest BCUT2D eigenvalue weighted by molar-refractivity contribution is 5.93. The Morgan fingerprint density at radius 3 is 1.86 bits per heavy atom. The zero-order chi connectivity index (χ0) is 26.7. The Labute approximate surface area is 210 Å². The lowest BCUT2D eigenvalue weighted by molar-refractivity contribution is -0.142. The van der Waals surface area contributed by atoms with Gasteiger partial charge in [0.05, 0.1) is 6.54 Å². The number of rotatable bonds is 13. The van der Waals surface area contributed by atoms with Gasteiger partial charge in [0.25, 0.3) is 0 Å². The van der Waals surface area contributed by atoms with Crippen molar-refractivity contribution in [3.8, 4) is 5.75 Å². The van der Waals surface area contributed by atoms with Crippen LogP contribution in [0.4, 0.5) is 0 Å². The minimum absolute atomic E-state index is 0.00707. The van der Waals surface area contributed by atoms with Gasteiger partial charge in [-0.15, -0.1) is 0 Å². The molecule has 0 radical (unpaired) electrons. The smallest absolute Gasteiger partial charge is 0.326 e. The normalized spacial score (nSPS) is 13.3. The summed E-state index contributed by atoms with van der Waals surface area (Å²) in [5.41, 5.74) is 6.81. The largest absolute Gasteiger partial charge is 0.508 e. The minimum atomic E-state index is -1.19. The van der Waals surface area contributed by atoms with Crippen molar-refractivity contribution >= 4 is 23.7 Å². The van der Waals surface area contributed by atoms with Crippen LogP contribution in [0.2, 0.25) is 0 Å². The number of hydrogen-bond donors (Lipinski definition) is 6. The van der Waals surface area contributed by atoms with E-state index in [-0.39, 0.29) is 37.5 Å². The van der Waals surface area contributed by atoms with Crippen LogP contribution in [0.25, 0.3) is 0 Å². The van der Waals surface area contributed by atoms with Gasteiger partial charge in [-0.3, -0.25) is 14.4 Å².